The Balaban J connectivity index is 2.50. The quantitative estimate of drug-likeness (QED) is 0.842. The average Bonchev–Trinajstić information content (AvgIpc) is 2.81. The van der Waals surface area contributed by atoms with E-state index in [9.17, 15) is 0 Å². The van der Waals surface area contributed by atoms with Crippen LogP contribution in [0.5, 0.6) is 5.75 Å². The van der Waals surface area contributed by atoms with Crippen molar-refractivity contribution in [3.63, 3.8) is 0 Å². The summed E-state index contributed by atoms with van der Waals surface area (Å²) in [5.74, 6) is 0.761. The van der Waals surface area contributed by atoms with Crippen molar-refractivity contribution >= 4 is 5.69 Å². The molecule has 0 unspecified atom stereocenters. The number of aromatic nitrogens is 2. The van der Waals surface area contributed by atoms with Gasteiger partial charge in [0, 0.05) is 11.8 Å². The van der Waals surface area contributed by atoms with Crippen molar-refractivity contribution in [1.82, 2.24) is 9.78 Å². The highest BCUT2D eigenvalue weighted by Gasteiger charge is 2.10. The van der Waals surface area contributed by atoms with Gasteiger partial charge in [0.25, 0.3) is 0 Å². The number of hydrogen-bond donors (Lipinski definition) is 1. The Kier molecular flexibility index (Phi) is 3.55. The number of methoxy groups -OCH3 is 1. The van der Waals surface area contributed by atoms with Crippen LogP contribution >= 0.6 is 0 Å². The van der Waals surface area contributed by atoms with Crippen LogP contribution in [-0.2, 0) is 12.8 Å². The zero-order valence-corrected chi connectivity index (χ0v) is 11.1. The highest BCUT2D eigenvalue weighted by Crippen LogP contribution is 2.24. The van der Waals surface area contributed by atoms with Crippen LogP contribution in [0.3, 0.4) is 0 Å². The molecule has 0 aliphatic carbocycles. The largest absolute Gasteiger partial charge is 0.497 e. The standard InChI is InChI=1S/C14H19N3O/c1-4-10-8-11(5-2)17(16-10)14-7-6-12(18-3)9-13(14)15/h6-9H,4-5,15H2,1-3H3. The van der Waals surface area contributed by atoms with E-state index < -0.39 is 0 Å². The SMILES string of the molecule is CCc1cc(CC)n(-c2ccc(OC)cc2N)n1. The molecule has 0 aliphatic rings. The predicted octanol–water partition coefficient (Wildman–Crippen LogP) is 2.59. The molecule has 2 aromatic rings. The number of benzene rings is 1. The lowest BCUT2D eigenvalue weighted by Gasteiger charge is -2.10. The summed E-state index contributed by atoms with van der Waals surface area (Å²) in [5, 5.41) is 4.58. The summed E-state index contributed by atoms with van der Waals surface area (Å²) in [7, 11) is 1.63. The maximum atomic E-state index is 6.06. The number of hydrogen-bond acceptors (Lipinski definition) is 3. The number of nitrogens with zero attached hydrogens (tertiary/aromatic N) is 2. The summed E-state index contributed by atoms with van der Waals surface area (Å²) in [4.78, 5) is 0. The van der Waals surface area contributed by atoms with Crippen molar-refractivity contribution in [2.24, 2.45) is 0 Å². The fourth-order valence-electron chi connectivity index (χ4n) is 1.96. The monoisotopic (exact) mass is 245 g/mol. The molecule has 4 nitrogen and oxygen atoms in total. The molecule has 0 saturated heterocycles. The summed E-state index contributed by atoms with van der Waals surface area (Å²) >= 11 is 0. The number of anilines is 1. The Bertz CT molecular complexity index is 546. The molecule has 96 valence electrons. The number of aryl methyl sites for hydroxylation is 2. The van der Waals surface area contributed by atoms with Crippen molar-refractivity contribution in [2.75, 3.05) is 12.8 Å². The van der Waals surface area contributed by atoms with Crippen molar-refractivity contribution in [1.29, 1.82) is 0 Å². The second-order valence-corrected chi connectivity index (χ2v) is 4.17. The maximum absolute atomic E-state index is 6.06. The maximum Gasteiger partial charge on any atom is 0.121 e. The van der Waals surface area contributed by atoms with Gasteiger partial charge in [-0.15, -0.1) is 0 Å². The molecule has 0 fully saturated rings. The molecular weight excluding hydrogens is 226 g/mol. The molecule has 0 spiro atoms. The zero-order chi connectivity index (χ0) is 13.1. The topological polar surface area (TPSA) is 53.1 Å². The van der Waals surface area contributed by atoms with Gasteiger partial charge in [-0.1, -0.05) is 13.8 Å². The number of nitrogen functional groups attached to an aromatic ring is 1. The van der Waals surface area contributed by atoms with Gasteiger partial charge in [-0.3, -0.25) is 0 Å². The smallest absolute Gasteiger partial charge is 0.121 e. The van der Waals surface area contributed by atoms with E-state index in [1.807, 2.05) is 22.9 Å². The minimum Gasteiger partial charge on any atom is -0.497 e. The fourth-order valence-corrected chi connectivity index (χ4v) is 1.96. The third-order valence-electron chi connectivity index (χ3n) is 3.02. The number of nitrogens with two attached hydrogens (primary N) is 1. The van der Waals surface area contributed by atoms with Crippen LogP contribution < -0.4 is 10.5 Å². The highest BCUT2D eigenvalue weighted by molar-refractivity contribution is 5.61. The van der Waals surface area contributed by atoms with Gasteiger partial charge in [0.15, 0.2) is 0 Å². The van der Waals surface area contributed by atoms with E-state index in [0.717, 1.165) is 30.0 Å². The van der Waals surface area contributed by atoms with E-state index in [-0.39, 0.29) is 0 Å². The van der Waals surface area contributed by atoms with Gasteiger partial charge in [-0.2, -0.15) is 5.10 Å². The van der Waals surface area contributed by atoms with E-state index in [4.69, 9.17) is 10.5 Å². The molecule has 0 saturated carbocycles. The highest BCUT2D eigenvalue weighted by atomic mass is 16.5. The van der Waals surface area contributed by atoms with Crippen LogP contribution in [0, 0.1) is 0 Å². The molecule has 1 aromatic carbocycles. The van der Waals surface area contributed by atoms with Crippen molar-refractivity contribution in [3.05, 3.63) is 35.7 Å². The summed E-state index contributed by atoms with van der Waals surface area (Å²) in [6.45, 7) is 4.22. The fraction of sp³-hybridized carbons (Fsp3) is 0.357. The second kappa shape index (κ2) is 5.12. The average molecular weight is 245 g/mol. The molecule has 2 rings (SSSR count). The molecule has 0 aliphatic heterocycles. The van der Waals surface area contributed by atoms with Crippen molar-refractivity contribution in [2.45, 2.75) is 26.7 Å². The predicted molar refractivity (Wildman–Crippen MR) is 73.3 cm³/mol. The van der Waals surface area contributed by atoms with Crippen LogP contribution in [-0.4, -0.2) is 16.9 Å². The van der Waals surface area contributed by atoms with Crippen LogP contribution in [0.15, 0.2) is 24.3 Å². The third kappa shape index (κ3) is 2.18. The third-order valence-corrected chi connectivity index (χ3v) is 3.02. The minimum atomic E-state index is 0.676. The zero-order valence-electron chi connectivity index (χ0n) is 11.1. The van der Waals surface area contributed by atoms with Crippen LogP contribution in [0.1, 0.15) is 25.2 Å². The lowest BCUT2D eigenvalue weighted by Crippen LogP contribution is -2.05. The van der Waals surface area contributed by atoms with Crippen LogP contribution in [0.2, 0.25) is 0 Å². The van der Waals surface area contributed by atoms with Crippen LogP contribution in [0.25, 0.3) is 5.69 Å². The van der Waals surface area contributed by atoms with Gasteiger partial charge in [0.2, 0.25) is 0 Å². The van der Waals surface area contributed by atoms with Gasteiger partial charge in [-0.05, 0) is 31.0 Å². The summed E-state index contributed by atoms with van der Waals surface area (Å²) in [5.41, 5.74) is 9.90. The van der Waals surface area contributed by atoms with Crippen molar-refractivity contribution < 1.29 is 4.74 Å². The summed E-state index contributed by atoms with van der Waals surface area (Å²) in [6.07, 6.45) is 1.86. The Morgan fingerprint density at radius 2 is 2.00 bits per heavy atom. The number of rotatable bonds is 4. The molecule has 0 bridgehead atoms. The van der Waals surface area contributed by atoms with E-state index in [1.165, 1.54) is 5.69 Å². The molecule has 1 aromatic heterocycles. The van der Waals surface area contributed by atoms with E-state index in [1.54, 1.807) is 7.11 Å². The molecule has 0 amide bonds. The van der Waals surface area contributed by atoms with E-state index in [0.29, 0.717) is 5.69 Å². The molecule has 4 heteroatoms. The first-order valence-corrected chi connectivity index (χ1v) is 6.21. The van der Waals surface area contributed by atoms with Gasteiger partial charge >= 0.3 is 0 Å². The molecule has 0 radical (unpaired) electrons. The lowest BCUT2D eigenvalue weighted by atomic mass is 10.2. The van der Waals surface area contributed by atoms with Crippen molar-refractivity contribution in [3.8, 4) is 11.4 Å². The Labute approximate surface area is 107 Å². The summed E-state index contributed by atoms with van der Waals surface area (Å²) < 4.78 is 7.08. The van der Waals surface area contributed by atoms with E-state index in [2.05, 4.69) is 25.0 Å². The van der Waals surface area contributed by atoms with E-state index >= 15 is 0 Å². The normalized spacial score (nSPS) is 10.6. The Morgan fingerprint density at radius 3 is 2.56 bits per heavy atom. The van der Waals surface area contributed by atoms with Gasteiger partial charge in [-0.25, -0.2) is 4.68 Å². The molecule has 2 N–H and O–H groups in total. The first kappa shape index (κ1) is 12.5. The second-order valence-electron chi connectivity index (χ2n) is 4.17. The minimum absolute atomic E-state index is 0.676. The van der Waals surface area contributed by atoms with Crippen LogP contribution in [0.4, 0.5) is 5.69 Å². The molecular formula is C14H19N3O. The Hall–Kier alpha value is -1.97. The first-order chi connectivity index (χ1) is 8.69. The lowest BCUT2D eigenvalue weighted by molar-refractivity contribution is 0.415. The number of ether oxygens (including phenoxy) is 1. The van der Waals surface area contributed by atoms with Gasteiger partial charge in [0.05, 0.1) is 24.2 Å². The first-order valence-electron chi connectivity index (χ1n) is 6.21. The van der Waals surface area contributed by atoms with Gasteiger partial charge < -0.3 is 10.5 Å². The summed E-state index contributed by atoms with van der Waals surface area (Å²) in [6, 6.07) is 7.80. The Morgan fingerprint density at radius 1 is 1.22 bits per heavy atom. The molecule has 0 atom stereocenters. The van der Waals surface area contributed by atoms with Gasteiger partial charge in [0.1, 0.15) is 5.75 Å². The molecule has 1 heterocycles. The molecule has 18 heavy (non-hydrogen) atoms.